The number of hydrogen-bond acceptors (Lipinski definition) is 4. The van der Waals surface area contributed by atoms with E-state index in [9.17, 15) is 5.11 Å². The first-order valence-electron chi connectivity index (χ1n) is 5.83. The molecule has 0 radical (unpaired) electrons. The van der Waals surface area contributed by atoms with Crippen molar-refractivity contribution in [2.24, 2.45) is 10.8 Å². The number of nitrogens with two attached hydrogens (primary N) is 1. The molecule has 1 aromatic rings. The Morgan fingerprint density at radius 2 is 2.17 bits per heavy atom. The molecular weight excluding hydrogens is 248 g/mol. The van der Waals surface area contributed by atoms with Crippen LogP contribution in [0.4, 0.5) is 5.69 Å². The van der Waals surface area contributed by atoms with Gasteiger partial charge < -0.3 is 15.7 Å². The number of hydrogen-bond donors (Lipinski definition) is 3. The van der Waals surface area contributed by atoms with Crippen LogP contribution in [0, 0.1) is 0 Å². The molecular formula is C12H16N4OS. The van der Waals surface area contributed by atoms with Crippen LogP contribution in [0.2, 0.25) is 0 Å². The summed E-state index contributed by atoms with van der Waals surface area (Å²) in [6.07, 6.45) is 3.91. The largest absolute Gasteiger partial charge is 0.507 e. The molecule has 0 aromatic heterocycles. The fourth-order valence-corrected chi connectivity index (χ4v) is 2.03. The number of benzene rings is 1. The van der Waals surface area contributed by atoms with Crippen LogP contribution in [0.3, 0.4) is 0 Å². The van der Waals surface area contributed by atoms with Gasteiger partial charge in [0.25, 0.3) is 0 Å². The van der Waals surface area contributed by atoms with Crippen LogP contribution in [0.15, 0.2) is 23.3 Å². The molecule has 5 nitrogen and oxygen atoms in total. The Balaban J connectivity index is 2.09. The zero-order valence-corrected chi connectivity index (χ0v) is 10.8. The van der Waals surface area contributed by atoms with Gasteiger partial charge >= 0.3 is 0 Å². The monoisotopic (exact) mass is 264 g/mol. The molecule has 0 unspecified atom stereocenters. The second-order valence-electron chi connectivity index (χ2n) is 4.17. The third kappa shape index (κ3) is 3.10. The van der Waals surface area contributed by atoms with Crippen LogP contribution in [0.25, 0.3) is 0 Å². The molecule has 0 aliphatic carbocycles. The maximum absolute atomic E-state index is 9.91. The van der Waals surface area contributed by atoms with Gasteiger partial charge in [-0.05, 0) is 37.2 Å². The zero-order chi connectivity index (χ0) is 13.0. The highest BCUT2D eigenvalue weighted by molar-refractivity contribution is 7.80. The predicted octanol–water partition coefficient (Wildman–Crippen LogP) is 1.16. The minimum atomic E-state index is 0.0967. The van der Waals surface area contributed by atoms with Crippen molar-refractivity contribution in [3.63, 3.8) is 0 Å². The van der Waals surface area contributed by atoms with Crippen molar-refractivity contribution in [3.8, 4) is 5.75 Å². The first kappa shape index (κ1) is 12.6. The molecule has 2 rings (SSSR count). The summed E-state index contributed by atoms with van der Waals surface area (Å²) in [7, 11) is 0. The van der Waals surface area contributed by atoms with Gasteiger partial charge in [-0.1, -0.05) is 0 Å². The first-order valence-corrected chi connectivity index (χ1v) is 6.24. The van der Waals surface area contributed by atoms with Gasteiger partial charge in [-0.25, -0.2) is 0 Å². The van der Waals surface area contributed by atoms with E-state index in [1.54, 1.807) is 6.07 Å². The number of nitrogens with one attached hydrogen (secondary N) is 1. The lowest BCUT2D eigenvalue weighted by Crippen LogP contribution is -2.24. The van der Waals surface area contributed by atoms with Gasteiger partial charge in [-0.2, -0.15) is 5.10 Å². The maximum atomic E-state index is 9.91. The molecule has 0 spiro atoms. The second-order valence-corrected chi connectivity index (χ2v) is 4.61. The van der Waals surface area contributed by atoms with Crippen molar-refractivity contribution in [2.45, 2.75) is 12.8 Å². The average molecular weight is 264 g/mol. The number of hydrazone groups is 1. The third-order valence-electron chi connectivity index (χ3n) is 2.86. The Labute approximate surface area is 111 Å². The maximum Gasteiger partial charge on any atom is 0.184 e. The minimum absolute atomic E-state index is 0.0967. The van der Waals surface area contributed by atoms with E-state index in [0.29, 0.717) is 5.56 Å². The number of aromatic hydroxyl groups is 1. The fourth-order valence-electron chi connectivity index (χ4n) is 1.98. The molecule has 6 heteroatoms. The number of thiocarbonyl (C=S) groups is 1. The Morgan fingerprint density at radius 3 is 2.78 bits per heavy atom. The summed E-state index contributed by atoms with van der Waals surface area (Å²) in [6, 6.07) is 5.56. The van der Waals surface area contributed by atoms with E-state index in [0.717, 1.165) is 18.8 Å². The average Bonchev–Trinajstić information content (AvgIpc) is 2.84. The smallest absolute Gasteiger partial charge is 0.184 e. The molecule has 1 saturated heterocycles. The van der Waals surface area contributed by atoms with E-state index < -0.39 is 0 Å². The fraction of sp³-hybridized carbons (Fsp3) is 0.333. The third-order valence-corrected chi connectivity index (χ3v) is 2.95. The molecule has 1 heterocycles. The molecule has 18 heavy (non-hydrogen) atoms. The van der Waals surface area contributed by atoms with Gasteiger partial charge in [0.2, 0.25) is 0 Å². The highest BCUT2D eigenvalue weighted by atomic mass is 32.1. The van der Waals surface area contributed by atoms with E-state index in [-0.39, 0.29) is 10.9 Å². The summed E-state index contributed by atoms with van der Waals surface area (Å²) in [4.78, 5) is 2.26. The molecule has 0 bridgehead atoms. The molecule has 96 valence electrons. The number of nitrogens with zero attached hydrogens (tertiary/aromatic N) is 2. The Kier molecular flexibility index (Phi) is 3.99. The van der Waals surface area contributed by atoms with Crippen molar-refractivity contribution < 1.29 is 5.11 Å². The van der Waals surface area contributed by atoms with E-state index in [1.165, 1.54) is 19.1 Å². The molecule has 0 amide bonds. The molecule has 1 aromatic carbocycles. The van der Waals surface area contributed by atoms with Crippen LogP contribution >= 0.6 is 12.2 Å². The summed E-state index contributed by atoms with van der Waals surface area (Å²) in [6.45, 7) is 2.10. The van der Waals surface area contributed by atoms with E-state index in [1.807, 2.05) is 12.1 Å². The lowest BCUT2D eigenvalue weighted by molar-refractivity contribution is 0.474. The van der Waals surface area contributed by atoms with Crippen LogP contribution in [0.1, 0.15) is 18.4 Å². The molecule has 4 N–H and O–H groups in total. The number of rotatable bonds is 3. The Bertz CT molecular complexity index is 469. The number of phenols is 1. The Morgan fingerprint density at radius 1 is 1.44 bits per heavy atom. The minimum Gasteiger partial charge on any atom is -0.507 e. The summed E-state index contributed by atoms with van der Waals surface area (Å²) in [5, 5.41) is 13.8. The van der Waals surface area contributed by atoms with Gasteiger partial charge in [-0.3, -0.25) is 5.43 Å². The van der Waals surface area contributed by atoms with Crippen molar-refractivity contribution in [3.05, 3.63) is 23.8 Å². The molecule has 0 saturated carbocycles. The van der Waals surface area contributed by atoms with Gasteiger partial charge in [0.1, 0.15) is 5.75 Å². The molecule has 0 atom stereocenters. The lowest BCUT2D eigenvalue weighted by atomic mass is 10.2. The summed E-state index contributed by atoms with van der Waals surface area (Å²) in [5.41, 5.74) is 9.36. The van der Waals surface area contributed by atoms with Crippen molar-refractivity contribution in [1.82, 2.24) is 5.43 Å². The van der Waals surface area contributed by atoms with Crippen molar-refractivity contribution >= 4 is 29.2 Å². The van der Waals surface area contributed by atoms with Gasteiger partial charge in [0.15, 0.2) is 5.11 Å². The second kappa shape index (κ2) is 5.68. The standard InChI is InChI=1S/C12H16N4OS/c13-12(18)15-14-8-9-3-4-10(7-11(9)17)16-5-1-2-6-16/h3-4,7-8,17H,1-2,5-6H2,(H3,13,15,18). The first-order chi connectivity index (χ1) is 8.66. The zero-order valence-electron chi connectivity index (χ0n) is 9.97. The van der Waals surface area contributed by atoms with E-state index >= 15 is 0 Å². The van der Waals surface area contributed by atoms with Crippen LogP contribution in [0.5, 0.6) is 5.75 Å². The van der Waals surface area contributed by atoms with E-state index in [2.05, 4.69) is 27.6 Å². The topological polar surface area (TPSA) is 73.9 Å². The number of anilines is 1. The molecule has 1 aliphatic heterocycles. The van der Waals surface area contributed by atoms with Crippen molar-refractivity contribution in [1.29, 1.82) is 0 Å². The quantitative estimate of drug-likeness (QED) is 0.434. The lowest BCUT2D eigenvalue weighted by Gasteiger charge is -2.17. The van der Waals surface area contributed by atoms with Crippen molar-refractivity contribution in [2.75, 3.05) is 18.0 Å². The van der Waals surface area contributed by atoms with Gasteiger partial charge in [0, 0.05) is 30.4 Å². The van der Waals surface area contributed by atoms with Crippen LogP contribution in [-0.2, 0) is 0 Å². The van der Waals surface area contributed by atoms with E-state index in [4.69, 9.17) is 5.73 Å². The summed E-state index contributed by atoms with van der Waals surface area (Å²) < 4.78 is 0. The molecule has 1 fully saturated rings. The summed E-state index contributed by atoms with van der Waals surface area (Å²) >= 11 is 4.62. The number of phenolic OH excluding ortho intramolecular Hbond substituents is 1. The summed E-state index contributed by atoms with van der Waals surface area (Å²) in [5.74, 6) is 0.202. The normalized spacial score (nSPS) is 15.2. The van der Waals surface area contributed by atoms with Gasteiger partial charge in [-0.15, -0.1) is 0 Å². The SMILES string of the molecule is NC(=S)NN=Cc1ccc(N2CCCC2)cc1O. The van der Waals surface area contributed by atoms with Crippen LogP contribution < -0.4 is 16.1 Å². The predicted molar refractivity (Wildman–Crippen MR) is 77.1 cm³/mol. The Hall–Kier alpha value is -1.82. The van der Waals surface area contributed by atoms with Gasteiger partial charge in [0.05, 0.1) is 6.21 Å². The highest BCUT2D eigenvalue weighted by Gasteiger charge is 2.13. The highest BCUT2D eigenvalue weighted by Crippen LogP contribution is 2.26. The van der Waals surface area contributed by atoms with Crippen LogP contribution in [-0.4, -0.2) is 29.5 Å². The molecule has 1 aliphatic rings.